The standard InChI is InChI=1S/C11H13BrClNO5S/c1-2-8(7-20(13,17)18)6-19-11-9(12)4-3-5-10(11)14(15)16/h3-5,8H,2,6-7H2,1H3. The van der Waals surface area contributed by atoms with E-state index in [9.17, 15) is 18.5 Å². The van der Waals surface area contributed by atoms with Gasteiger partial charge in [-0.3, -0.25) is 10.1 Å². The zero-order valence-corrected chi connectivity index (χ0v) is 13.7. The number of halogens is 2. The van der Waals surface area contributed by atoms with Gasteiger partial charge in [-0.05, 0) is 28.4 Å². The zero-order valence-electron chi connectivity index (χ0n) is 10.6. The van der Waals surface area contributed by atoms with E-state index in [4.69, 9.17) is 15.4 Å². The van der Waals surface area contributed by atoms with Crippen LogP contribution in [0.2, 0.25) is 0 Å². The van der Waals surface area contributed by atoms with Gasteiger partial charge in [0.2, 0.25) is 14.8 Å². The molecule has 0 aliphatic carbocycles. The number of hydrogen-bond donors (Lipinski definition) is 0. The Morgan fingerprint density at radius 3 is 2.65 bits per heavy atom. The minimum Gasteiger partial charge on any atom is -0.486 e. The summed E-state index contributed by atoms with van der Waals surface area (Å²) in [5.41, 5.74) is -0.178. The van der Waals surface area contributed by atoms with Gasteiger partial charge in [0, 0.05) is 22.7 Å². The van der Waals surface area contributed by atoms with Crippen LogP contribution in [0.4, 0.5) is 5.69 Å². The molecule has 0 N–H and O–H groups in total. The third-order valence-corrected chi connectivity index (χ3v) is 4.49. The molecule has 0 radical (unpaired) electrons. The quantitative estimate of drug-likeness (QED) is 0.407. The van der Waals surface area contributed by atoms with E-state index in [-0.39, 0.29) is 29.7 Å². The number of rotatable bonds is 7. The maximum absolute atomic E-state index is 11.0. The maximum atomic E-state index is 11.0. The van der Waals surface area contributed by atoms with Crippen molar-refractivity contribution in [1.29, 1.82) is 0 Å². The van der Waals surface area contributed by atoms with Crippen molar-refractivity contribution in [3.8, 4) is 5.75 Å². The smallest absolute Gasteiger partial charge is 0.312 e. The van der Waals surface area contributed by atoms with Crippen LogP contribution in [0.3, 0.4) is 0 Å². The fourth-order valence-electron chi connectivity index (χ4n) is 1.55. The molecule has 1 aromatic carbocycles. The summed E-state index contributed by atoms with van der Waals surface area (Å²) in [6.07, 6.45) is 0.532. The summed E-state index contributed by atoms with van der Waals surface area (Å²) < 4.78 is 27.9. The van der Waals surface area contributed by atoms with Crippen molar-refractivity contribution in [2.75, 3.05) is 12.4 Å². The van der Waals surface area contributed by atoms with Crippen molar-refractivity contribution in [1.82, 2.24) is 0 Å². The highest BCUT2D eigenvalue weighted by Gasteiger charge is 2.21. The minimum absolute atomic E-state index is 0.0336. The van der Waals surface area contributed by atoms with Gasteiger partial charge in [0.05, 0.1) is 21.8 Å². The molecule has 112 valence electrons. The summed E-state index contributed by atoms with van der Waals surface area (Å²) in [6.45, 7) is 1.83. The van der Waals surface area contributed by atoms with E-state index < -0.39 is 14.0 Å². The summed E-state index contributed by atoms with van der Waals surface area (Å²) in [7, 11) is 1.57. The summed E-state index contributed by atoms with van der Waals surface area (Å²) in [6, 6.07) is 4.45. The van der Waals surface area contributed by atoms with Crippen LogP contribution < -0.4 is 4.74 Å². The minimum atomic E-state index is -3.63. The molecule has 0 amide bonds. The van der Waals surface area contributed by atoms with E-state index in [1.54, 1.807) is 13.0 Å². The van der Waals surface area contributed by atoms with E-state index in [0.717, 1.165) is 0 Å². The molecule has 9 heteroatoms. The predicted octanol–water partition coefficient (Wildman–Crippen LogP) is 3.33. The molecule has 0 bridgehead atoms. The maximum Gasteiger partial charge on any atom is 0.312 e. The summed E-state index contributed by atoms with van der Waals surface area (Å²) in [5, 5.41) is 10.9. The lowest BCUT2D eigenvalue weighted by molar-refractivity contribution is -0.386. The molecule has 1 rings (SSSR count). The highest BCUT2D eigenvalue weighted by atomic mass is 79.9. The van der Waals surface area contributed by atoms with Gasteiger partial charge in [0.15, 0.2) is 0 Å². The molecule has 0 saturated heterocycles. The highest BCUT2D eigenvalue weighted by molar-refractivity contribution is 9.10. The molecule has 0 aliphatic heterocycles. The average Bonchev–Trinajstić information content (AvgIpc) is 2.33. The molecule has 0 heterocycles. The molecule has 1 aromatic rings. The molecule has 0 aromatic heterocycles. The summed E-state index contributed by atoms with van der Waals surface area (Å²) in [5.74, 6) is -0.476. The van der Waals surface area contributed by atoms with Crippen LogP contribution in [0.5, 0.6) is 5.75 Å². The van der Waals surface area contributed by atoms with Gasteiger partial charge >= 0.3 is 5.69 Å². The fourth-order valence-corrected chi connectivity index (χ4v) is 3.45. The first-order chi connectivity index (χ1) is 9.24. The second-order valence-corrected chi connectivity index (χ2v) is 7.81. The molecule has 0 aliphatic rings. The predicted molar refractivity (Wildman–Crippen MR) is 79.7 cm³/mol. The van der Waals surface area contributed by atoms with Crippen molar-refractivity contribution < 1.29 is 18.1 Å². The van der Waals surface area contributed by atoms with Crippen LogP contribution in [-0.2, 0) is 9.05 Å². The van der Waals surface area contributed by atoms with Crippen LogP contribution >= 0.6 is 26.6 Å². The Morgan fingerprint density at radius 1 is 1.50 bits per heavy atom. The molecule has 0 fully saturated rings. The molecule has 1 atom stereocenters. The Balaban J connectivity index is 2.86. The van der Waals surface area contributed by atoms with Crippen molar-refractivity contribution in [2.45, 2.75) is 13.3 Å². The number of nitro groups is 1. The Bertz CT molecular complexity index is 592. The van der Waals surface area contributed by atoms with Crippen LogP contribution in [0.1, 0.15) is 13.3 Å². The lowest BCUT2D eigenvalue weighted by Crippen LogP contribution is -2.19. The molecular weight excluding hydrogens is 374 g/mol. The Hall–Kier alpha value is -0.860. The van der Waals surface area contributed by atoms with Gasteiger partial charge in [-0.25, -0.2) is 8.42 Å². The monoisotopic (exact) mass is 385 g/mol. The van der Waals surface area contributed by atoms with Gasteiger partial charge in [-0.15, -0.1) is 0 Å². The molecule has 20 heavy (non-hydrogen) atoms. The lowest BCUT2D eigenvalue weighted by atomic mass is 10.1. The van der Waals surface area contributed by atoms with E-state index in [1.165, 1.54) is 12.1 Å². The molecular formula is C11H13BrClNO5S. The first-order valence-electron chi connectivity index (χ1n) is 5.72. The van der Waals surface area contributed by atoms with Crippen molar-refractivity contribution >= 4 is 41.4 Å². The van der Waals surface area contributed by atoms with Crippen LogP contribution in [0.15, 0.2) is 22.7 Å². The van der Waals surface area contributed by atoms with Crippen LogP contribution in [0.25, 0.3) is 0 Å². The summed E-state index contributed by atoms with van der Waals surface area (Å²) >= 11 is 3.18. The highest BCUT2D eigenvalue weighted by Crippen LogP contribution is 2.35. The first-order valence-corrected chi connectivity index (χ1v) is 8.99. The van der Waals surface area contributed by atoms with Gasteiger partial charge in [-0.1, -0.05) is 13.0 Å². The largest absolute Gasteiger partial charge is 0.486 e. The second-order valence-electron chi connectivity index (χ2n) is 4.14. The lowest BCUT2D eigenvalue weighted by Gasteiger charge is -2.15. The molecule has 1 unspecified atom stereocenters. The molecule has 6 nitrogen and oxygen atoms in total. The van der Waals surface area contributed by atoms with Gasteiger partial charge in [-0.2, -0.15) is 0 Å². The molecule has 0 spiro atoms. The van der Waals surface area contributed by atoms with Crippen LogP contribution in [0, 0.1) is 16.0 Å². The zero-order chi connectivity index (χ0) is 15.3. The van der Waals surface area contributed by atoms with Crippen molar-refractivity contribution in [3.63, 3.8) is 0 Å². The van der Waals surface area contributed by atoms with Gasteiger partial charge < -0.3 is 4.74 Å². The first kappa shape index (κ1) is 17.2. The van der Waals surface area contributed by atoms with E-state index >= 15 is 0 Å². The third kappa shape index (κ3) is 5.26. The normalized spacial score (nSPS) is 12.9. The number of ether oxygens (including phenoxy) is 1. The second kappa shape index (κ2) is 7.24. The van der Waals surface area contributed by atoms with Crippen molar-refractivity contribution in [3.05, 3.63) is 32.8 Å². The number of benzene rings is 1. The SMILES string of the molecule is CCC(COc1c(Br)cccc1[N+](=O)[O-])CS(=O)(=O)Cl. The van der Waals surface area contributed by atoms with E-state index in [1.807, 2.05) is 0 Å². The van der Waals surface area contributed by atoms with Gasteiger partial charge in [0.1, 0.15) is 0 Å². The number of para-hydroxylation sites is 1. The molecule has 0 saturated carbocycles. The topological polar surface area (TPSA) is 86.5 Å². The van der Waals surface area contributed by atoms with Gasteiger partial charge in [0.25, 0.3) is 0 Å². The Labute approximate surface area is 129 Å². The van der Waals surface area contributed by atoms with Crippen molar-refractivity contribution in [2.24, 2.45) is 5.92 Å². The number of hydrogen-bond acceptors (Lipinski definition) is 5. The van der Waals surface area contributed by atoms with E-state index in [2.05, 4.69) is 15.9 Å². The number of nitrogens with zero attached hydrogens (tertiary/aromatic N) is 1. The Kier molecular flexibility index (Phi) is 6.22. The number of nitro benzene ring substituents is 1. The van der Waals surface area contributed by atoms with Crippen LogP contribution in [-0.4, -0.2) is 25.7 Å². The third-order valence-electron chi connectivity index (χ3n) is 2.62. The fraction of sp³-hybridized carbons (Fsp3) is 0.455. The average molecular weight is 387 g/mol. The Morgan fingerprint density at radius 2 is 2.15 bits per heavy atom. The summed E-state index contributed by atoms with van der Waals surface area (Å²) in [4.78, 5) is 10.3. The van der Waals surface area contributed by atoms with E-state index in [0.29, 0.717) is 10.9 Å².